The number of amides is 1. The van der Waals surface area contributed by atoms with Gasteiger partial charge in [-0.15, -0.1) is 10.2 Å². The van der Waals surface area contributed by atoms with E-state index in [-0.39, 0.29) is 15.3 Å². The fraction of sp³-hybridized carbons (Fsp3) is 0.700. The highest BCUT2D eigenvalue weighted by Gasteiger charge is 2.27. The monoisotopic (exact) mass is 306 g/mol. The Morgan fingerprint density at radius 3 is 2.42 bits per heavy atom. The van der Waals surface area contributed by atoms with Crippen LogP contribution in [0, 0.1) is 0 Å². The van der Waals surface area contributed by atoms with Crippen molar-refractivity contribution in [1.82, 2.24) is 19.8 Å². The van der Waals surface area contributed by atoms with Gasteiger partial charge in [-0.1, -0.05) is 32.1 Å². The van der Waals surface area contributed by atoms with E-state index in [1.807, 2.05) is 6.92 Å². The highest BCUT2D eigenvalue weighted by molar-refractivity contribution is 7.91. The first-order valence-electron chi connectivity index (χ1n) is 6.09. The Morgan fingerprint density at radius 1 is 1.26 bits per heavy atom. The first-order chi connectivity index (χ1) is 8.97. The van der Waals surface area contributed by atoms with Crippen LogP contribution >= 0.6 is 11.3 Å². The Kier molecular flexibility index (Phi) is 5.83. The third-order valence-corrected chi connectivity index (χ3v) is 5.72. The smallest absolute Gasteiger partial charge is 0.282 e. The second-order valence-corrected chi connectivity index (χ2v) is 6.81. The second kappa shape index (κ2) is 6.92. The SMILES string of the molecule is CCCNC(=O)c1nnc(S(=O)(=O)N(CC)CC)s1. The standard InChI is InChI=1S/C10H18N4O3S2/c1-4-7-11-8(15)9-12-13-10(18-9)19(16,17)14(5-2)6-3/h4-7H2,1-3H3,(H,11,15). The minimum absolute atomic E-state index is 0.0687. The molecule has 108 valence electrons. The number of carbonyl (C=O) groups is 1. The first kappa shape index (κ1) is 16.0. The molecule has 0 fully saturated rings. The molecule has 1 rings (SSSR count). The molecule has 1 N–H and O–H groups in total. The van der Waals surface area contributed by atoms with Gasteiger partial charge < -0.3 is 5.32 Å². The lowest BCUT2D eigenvalue weighted by Gasteiger charge is -2.15. The fourth-order valence-electron chi connectivity index (χ4n) is 1.39. The summed E-state index contributed by atoms with van der Waals surface area (Å²) in [4.78, 5) is 11.6. The lowest BCUT2D eigenvalue weighted by atomic mass is 10.5. The Morgan fingerprint density at radius 2 is 1.89 bits per heavy atom. The molecule has 0 saturated heterocycles. The van der Waals surface area contributed by atoms with Gasteiger partial charge in [0.2, 0.25) is 9.35 Å². The van der Waals surface area contributed by atoms with Crippen LogP contribution in [0.1, 0.15) is 37.0 Å². The molecule has 1 heterocycles. The molecule has 1 aromatic heterocycles. The van der Waals surface area contributed by atoms with Gasteiger partial charge in [0.25, 0.3) is 15.9 Å². The molecule has 0 aliphatic rings. The van der Waals surface area contributed by atoms with Crippen molar-refractivity contribution in [2.24, 2.45) is 0 Å². The van der Waals surface area contributed by atoms with Crippen molar-refractivity contribution in [1.29, 1.82) is 0 Å². The van der Waals surface area contributed by atoms with Gasteiger partial charge in [-0.25, -0.2) is 8.42 Å². The molecule has 0 aliphatic carbocycles. The summed E-state index contributed by atoms with van der Waals surface area (Å²) in [6, 6.07) is 0. The molecule has 9 heteroatoms. The Balaban J connectivity index is 2.93. The van der Waals surface area contributed by atoms with E-state index in [2.05, 4.69) is 15.5 Å². The zero-order valence-corrected chi connectivity index (χ0v) is 12.8. The second-order valence-electron chi connectivity index (χ2n) is 3.72. The maximum absolute atomic E-state index is 12.1. The summed E-state index contributed by atoms with van der Waals surface area (Å²) in [7, 11) is -3.64. The number of nitrogens with one attached hydrogen (secondary N) is 1. The molecule has 0 aromatic carbocycles. The number of hydrogen-bond acceptors (Lipinski definition) is 6. The number of carbonyl (C=O) groups excluding carboxylic acids is 1. The molecule has 19 heavy (non-hydrogen) atoms. The highest BCUT2D eigenvalue weighted by Crippen LogP contribution is 2.19. The van der Waals surface area contributed by atoms with Crippen LogP contribution in [-0.2, 0) is 10.0 Å². The highest BCUT2D eigenvalue weighted by atomic mass is 32.2. The number of hydrogen-bond donors (Lipinski definition) is 1. The van der Waals surface area contributed by atoms with E-state index < -0.39 is 10.0 Å². The van der Waals surface area contributed by atoms with E-state index in [9.17, 15) is 13.2 Å². The largest absolute Gasteiger partial charge is 0.350 e. The Labute approximate surface area is 117 Å². The predicted octanol–water partition coefficient (Wildman–Crippen LogP) is 0.708. The van der Waals surface area contributed by atoms with Gasteiger partial charge in [0, 0.05) is 19.6 Å². The summed E-state index contributed by atoms with van der Waals surface area (Å²) in [6.07, 6.45) is 0.801. The molecule has 1 amide bonds. The minimum Gasteiger partial charge on any atom is -0.350 e. The van der Waals surface area contributed by atoms with Gasteiger partial charge in [-0.05, 0) is 6.42 Å². The molecule has 1 aromatic rings. The van der Waals surface area contributed by atoms with Crippen molar-refractivity contribution in [2.75, 3.05) is 19.6 Å². The number of rotatable bonds is 7. The van der Waals surface area contributed by atoms with E-state index in [1.54, 1.807) is 13.8 Å². The summed E-state index contributed by atoms with van der Waals surface area (Å²) in [5.74, 6) is -0.389. The fourth-order valence-corrected chi connectivity index (χ4v) is 3.91. The predicted molar refractivity (Wildman–Crippen MR) is 72.6 cm³/mol. The average molecular weight is 306 g/mol. The van der Waals surface area contributed by atoms with Gasteiger partial charge in [0.1, 0.15) is 0 Å². The van der Waals surface area contributed by atoms with Crippen LogP contribution in [0.3, 0.4) is 0 Å². The maximum atomic E-state index is 12.1. The summed E-state index contributed by atoms with van der Waals surface area (Å²) in [5, 5.41) is 9.95. The normalized spacial score (nSPS) is 11.8. The van der Waals surface area contributed by atoms with Crippen molar-refractivity contribution in [3.8, 4) is 0 Å². The zero-order valence-electron chi connectivity index (χ0n) is 11.2. The van der Waals surface area contributed by atoms with Crippen LogP contribution in [0.4, 0.5) is 0 Å². The molecule has 0 unspecified atom stereocenters. The van der Waals surface area contributed by atoms with Gasteiger partial charge in [-0.2, -0.15) is 4.31 Å². The Bertz CT molecular complexity index is 523. The molecule has 0 bridgehead atoms. The van der Waals surface area contributed by atoms with Crippen molar-refractivity contribution < 1.29 is 13.2 Å². The van der Waals surface area contributed by atoms with E-state index >= 15 is 0 Å². The van der Waals surface area contributed by atoms with Crippen LogP contribution in [0.25, 0.3) is 0 Å². The first-order valence-corrected chi connectivity index (χ1v) is 8.34. The van der Waals surface area contributed by atoms with Crippen LogP contribution in [0.15, 0.2) is 4.34 Å². The number of aromatic nitrogens is 2. The van der Waals surface area contributed by atoms with Gasteiger partial charge in [0.05, 0.1) is 0 Å². The van der Waals surface area contributed by atoms with E-state index in [0.29, 0.717) is 19.6 Å². The third kappa shape index (κ3) is 3.71. The van der Waals surface area contributed by atoms with Crippen molar-refractivity contribution in [3.63, 3.8) is 0 Å². The van der Waals surface area contributed by atoms with E-state index in [0.717, 1.165) is 17.8 Å². The number of sulfonamides is 1. The Hall–Kier alpha value is -1.06. The quantitative estimate of drug-likeness (QED) is 0.801. The summed E-state index contributed by atoms with van der Waals surface area (Å²) < 4.78 is 25.4. The van der Waals surface area contributed by atoms with E-state index in [4.69, 9.17) is 0 Å². The topological polar surface area (TPSA) is 92.3 Å². The number of nitrogens with zero attached hydrogens (tertiary/aromatic N) is 3. The third-order valence-electron chi connectivity index (χ3n) is 2.40. The molecule has 0 radical (unpaired) electrons. The van der Waals surface area contributed by atoms with Gasteiger partial charge in [-0.3, -0.25) is 4.79 Å². The summed E-state index contributed by atoms with van der Waals surface area (Å²) >= 11 is 0.794. The molecular weight excluding hydrogens is 288 g/mol. The summed E-state index contributed by atoms with van der Waals surface area (Å²) in [5.41, 5.74) is 0. The van der Waals surface area contributed by atoms with Crippen molar-refractivity contribution in [2.45, 2.75) is 31.5 Å². The van der Waals surface area contributed by atoms with Gasteiger partial charge in [0.15, 0.2) is 0 Å². The lowest BCUT2D eigenvalue weighted by molar-refractivity contribution is 0.0952. The van der Waals surface area contributed by atoms with Crippen LogP contribution in [-0.4, -0.2) is 48.5 Å². The van der Waals surface area contributed by atoms with Crippen LogP contribution in [0.5, 0.6) is 0 Å². The molecule has 0 saturated carbocycles. The van der Waals surface area contributed by atoms with Crippen LogP contribution < -0.4 is 5.32 Å². The van der Waals surface area contributed by atoms with Crippen molar-refractivity contribution >= 4 is 27.3 Å². The van der Waals surface area contributed by atoms with Gasteiger partial charge >= 0.3 is 0 Å². The summed E-state index contributed by atoms with van der Waals surface area (Å²) in [6.45, 7) is 6.66. The molecule has 0 aliphatic heterocycles. The van der Waals surface area contributed by atoms with E-state index in [1.165, 1.54) is 4.31 Å². The minimum atomic E-state index is -3.64. The molecular formula is C10H18N4O3S2. The maximum Gasteiger partial charge on any atom is 0.282 e. The molecule has 0 atom stereocenters. The zero-order chi connectivity index (χ0) is 14.5. The molecule has 0 spiro atoms. The average Bonchev–Trinajstić information content (AvgIpc) is 2.87. The lowest BCUT2D eigenvalue weighted by Crippen LogP contribution is -2.30. The molecule has 7 nitrogen and oxygen atoms in total. The van der Waals surface area contributed by atoms with Crippen LogP contribution in [0.2, 0.25) is 0 Å². The van der Waals surface area contributed by atoms with Crippen molar-refractivity contribution in [3.05, 3.63) is 5.01 Å².